The first-order chi connectivity index (χ1) is 11.8. The molecule has 1 fully saturated rings. The molecule has 2 aromatic heterocycles. The Balaban J connectivity index is 1.59. The summed E-state index contributed by atoms with van der Waals surface area (Å²) in [5.41, 5.74) is 2.79. The molecule has 5 heteroatoms. The molecule has 3 aromatic rings. The maximum atomic E-state index is 12.8. The molecule has 0 aliphatic carbocycles. The Morgan fingerprint density at radius 3 is 2.88 bits per heavy atom. The summed E-state index contributed by atoms with van der Waals surface area (Å²) in [6.45, 7) is 0.785. The third kappa shape index (κ3) is 2.89. The lowest BCUT2D eigenvalue weighted by atomic mass is 10.0. The molecule has 122 valence electrons. The third-order valence-electron chi connectivity index (χ3n) is 4.60. The van der Waals surface area contributed by atoms with E-state index in [1.54, 1.807) is 6.20 Å². The zero-order valence-electron chi connectivity index (χ0n) is 13.5. The number of piperidine rings is 1. The van der Waals surface area contributed by atoms with Crippen LogP contribution in [0, 0.1) is 0 Å². The number of amides is 1. The molecule has 4 rings (SSSR count). The van der Waals surface area contributed by atoms with E-state index in [9.17, 15) is 4.79 Å². The molecule has 1 atom stereocenters. The third-order valence-corrected chi connectivity index (χ3v) is 4.60. The minimum atomic E-state index is 0.0300. The van der Waals surface area contributed by atoms with Gasteiger partial charge in [0.05, 0.1) is 23.5 Å². The summed E-state index contributed by atoms with van der Waals surface area (Å²) in [5.74, 6) is 1.02. The molecule has 1 saturated heterocycles. The number of nitrogens with zero attached hydrogens (tertiary/aromatic N) is 3. The smallest absolute Gasteiger partial charge is 0.229 e. The van der Waals surface area contributed by atoms with Gasteiger partial charge in [-0.2, -0.15) is 0 Å². The van der Waals surface area contributed by atoms with Gasteiger partial charge in [-0.3, -0.25) is 9.78 Å². The molecule has 1 N–H and O–H groups in total. The van der Waals surface area contributed by atoms with Crippen LogP contribution in [0.3, 0.4) is 0 Å². The van der Waals surface area contributed by atoms with Crippen LogP contribution in [0.2, 0.25) is 0 Å². The quantitative estimate of drug-likeness (QED) is 0.806. The summed E-state index contributed by atoms with van der Waals surface area (Å²) in [5, 5.41) is 0. The summed E-state index contributed by atoms with van der Waals surface area (Å²) < 4.78 is 0. The fourth-order valence-electron chi connectivity index (χ4n) is 3.40. The van der Waals surface area contributed by atoms with E-state index >= 15 is 0 Å². The van der Waals surface area contributed by atoms with Gasteiger partial charge in [-0.15, -0.1) is 0 Å². The van der Waals surface area contributed by atoms with Gasteiger partial charge in [-0.05, 0) is 43.5 Å². The number of rotatable bonds is 3. The van der Waals surface area contributed by atoms with Gasteiger partial charge >= 0.3 is 0 Å². The number of aromatic amines is 1. The van der Waals surface area contributed by atoms with E-state index < -0.39 is 0 Å². The molecule has 1 aliphatic rings. The van der Waals surface area contributed by atoms with Crippen LogP contribution < -0.4 is 0 Å². The number of aromatic nitrogens is 3. The van der Waals surface area contributed by atoms with E-state index in [-0.39, 0.29) is 11.9 Å². The molecular weight excluding hydrogens is 300 g/mol. The SMILES string of the molecule is O=C(Cc1ccccn1)N1CCCCC1c1nc2ccccc2[nH]1. The summed E-state index contributed by atoms with van der Waals surface area (Å²) in [6, 6.07) is 13.7. The van der Waals surface area contributed by atoms with Crippen LogP contribution in [0.4, 0.5) is 0 Å². The van der Waals surface area contributed by atoms with E-state index in [0.717, 1.165) is 48.4 Å². The highest BCUT2D eigenvalue weighted by atomic mass is 16.2. The number of benzene rings is 1. The Bertz CT molecular complexity index is 810. The lowest BCUT2D eigenvalue weighted by Crippen LogP contribution is -2.40. The molecule has 24 heavy (non-hydrogen) atoms. The van der Waals surface area contributed by atoms with Gasteiger partial charge in [0, 0.05) is 18.4 Å². The number of nitrogens with one attached hydrogen (secondary N) is 1. The van der Waals surface area contributed by atoms with Gasteiger partial charge in [-0.1, -0.05) is 18.2 Å². The zero-order valence-corrected chi connectivity index (χ0v) is 13.5. The van der Waals surface area contributed by atoms with Crippen molar-refractivity contribution < 1.29 is 4.79 Å². The first kappa shape index (κ1) is 14.9. The lowest BCUT2D eigenvalue weighted by molar-refractivity contribution is -0.134. The van der Waals surface area contributed by atoms with Gasteiger partial charge in [0.15, 0.2) is 0 Å². The molecular formula is C19H20N4O. The van der Waals surface area contributed by atoms with Crippen LogP contribution in [0.5, 0.6) is 0 Å². The number of fused-ring (bicyclic) bond motifs is 1. The number of hydrogen-bond donors (Lipinski definition) is 1. The zero-order chi connectivity index (χ0) is 16.4. The maximum absolute atomic E-state index is 12.8. The average molecular weight is 320 g/mol. The first-order valence-electron chi connectivity index (χ1n) is 8.45. The summed E-state index contributed by atoms with van der Waals surface area (Å²) >= 11 is 0. The highest BCUT2D eigenvalue weighted by Gasteiger charge is 2.30. The van der Waals surface area contributed by atoms with Crippen molar-refractivity contribution in [1.29, 1.82) is 0 Å². The predicted octanol–water partition coefficient (Wildman–Crippen LogP) is 3.25. The molecule has 3 heterocycles. The van der Waals surface area contributed by atoms with Crippen molar-refractivity contribution in [1.82, 2.24) is 19.9 Å². The minimum absolute atomic E-state index is 0.0300. The second-order valence-corrected chi connectivity index (χ2v) is 6.24. The lowest BCUT2D eigenvalue weighted by Gasteiger charge is -2.34. The van der Waals surface area contributed by atoms with Gasteiger partial charge in [0.2, 0.25) is 5.91 Å². The highest BCUT2D eigenvalue weighted by Crippen LogP contribution is 2.30. The Morgan fingerprint density at radius 2 is 2.04 bits per heavy atom. The predicted molar refractivity (Wildman–Crippen MR) is 92.3 cm³/mol. The molecule has 1 unspecified atom stereocenters. The normalized spacial score (nSPS) is 18.0. The van der Waals surface area contributed by atoms with Crippen molar-refractivity contribution in [2.24, 2.45) is 0 Å². The van der Waals surface area contributed by atoms with Crippen LogP contribution >= 0.6 is 0 Å². The van der Waals surface area contributed by atoms with E-state index in [0.29, 0.717) is 6.42 Å². The van der Waals surface area contributed by atoms with Crippen LogP contribution in [-0.4, -0.2) is 32.3 Å². The molecule has 0 spiro atoms. The van der Waals surface area contributed by atoms with Crippen LogP contribution in [0.15, 0.2) is 48.7 Å². The van der Waals surface area contributed by atoms with Crippen LogP contribution in [0.1, 0.15) is 36.8 Å². The molecule has 1 aliphatic heterocycles. The Morgan fingerprint density at radius 1 is 1.17 bits per heavy atom. The second kappa shape index (κ2) is 6.43. The number of imidazole rings is 1. The molecule has 0 radical (unpaired) electrons. The van der Waals surface area contributed by atoms with E-state index in [2.05, 4.69) is 9.97 Å². The Kier molecular flexibility index (Phi) is 3.99. The van der Waals surface area contributed by atoms with Crippen molar-refractivity contribution in [3.63, 3.8) is 0 Å². The standard InChI is InChI=1S/C19H20N4O/c24-18(13-14-7-3-5-11-20-14)23-12-6-4-10-17(23)19-21-15-8-1-2-9-16(15)22-19/h1-3,5,7-9,11,17H,4,6,10,12-13H2,(H,21,22). The van der Waals surface area contributed by atoms with Gasteiger partial charge in [-0.25, -0.2) is 4.98 Å². The van der Waals surface area contributed by atoms with E-state index in [4.69, 9.17) is 4.98 Å². The fraction of sp³-hybridized carbons (Fsp3) is 0.316. The molecule has 1 aromatic carbocycles. The minimum Gasteiger partial charge on any atom is -0.340 e. The maximum Gasteiger partial charge on any atom is 0.229 e. The van der Waals surface area contributed by atoms with Gasteiger partial charge < -0.3 is 9.88 Å². The summed E-state index contributed by atoms with van der Waals surface area (Å²) in [4.78, 5) is 27.2. The Hall–Kier alpha value is -2.69. The van der Waals surface area contributed by atoms with Gasteiger partial charge in [0.25, 0.3) is 0 Å². The number of hydrogen-bond acceptors (Lipinski definition) is 3. The summed E-state index contributed by atoms with van der Waals surface area (Å²) in [7, 11) is 0. The van der Waals surface area contributed by atoms with Crippen LogP contribution in [-0.2, 0) is 11.2 Å². The van der Waals surface area contributed by atoms with Crippen molar-refractivity contribution in [2.75, 3.05) is 6.54 Å². The van der Waals surface area contributed by atoms with Crippen molar-refractivity contribution >= 4 is 16.9 Å². The number of carbonyl (C=O) groups is 1. The number of para-hydroxylation sites is 2. The molecule has 0 saturated carbocycles. The first-order valence-corrected chi connectivity index (χ1v) is 8.45. The molecule has 5 nitrogen and oxygen atoms in total. The monoisotopic (exact) mass is 320 g/mol. The number of carbonyl (C=O) groups excluding carboxylic acids is 1. The Labute approximate surface area is 140 Å². The number of likely N-dealkylation sites (tertiary alicyclic amines) is 1. The fourth-order valence-corrected chi connectivity index (χ4v) is 3.40. The van der Waals surface area contributed by atoms with E-state index in [1.807, 2.05) is 47.4 Å². The number of H-pyrrole nitrogens is 1. The van der Waals surface area contributed by atoms with Crippen molar-refractivity contribution in [3.8, 4) is 0 Å². The average Bonchev–Trinajstić information content (AvgIpc) is 3.06. The largest absolute Gasteiger partial charge is 0.340 e. The number of pyridine rings is 1. The van der Waals surface area contributed by atoms with Crippen LogP contribution in [0.25, 0.3) is 11.0 Å². The van der Waals surface area contributed by atoms with Crippen molar-refractivity contribution in [2.45, 2.75) is 31.7 Å². The summed E-state index contributed by atoms with van der Waals surface area (Å²) in [6.07, 6.45) is 5.20. The van der Waals surface area contributed by atoms with Crippen molar-refractivity contribution in [3.05, 3.63) is 60.2 Å². The second-order valence-electron chi connectivity index (χ2n) is 6.24. The topological polar surface area (TPSA) is 61.9 Å². The van der Waals surface area contributed by atoms with E-state index in [1.165, 1.54) is 0 Å². The molecule has 0 bridgehead atoms. The van der Waals surface area contributed by atoms with Gasteiger partial charge in [0.1, 0.15) is 5.82 Å². The highest BCUT2D eigenvalue weighted by molar-refractivity contribution is 5.79. The molecule has 1 amide bonds.